The van der Waals surface area contributed by atoms with Gasteiger partial charge in [-0.25, -0.2) is 0 Å². The Morgan fingerprint density at radius 3 is 3.06 bits per heavy atom. The summed E-state index contributed by atoms with van der Waals surface area (Å²) in [5.74, 6) is 0. The van der Waals surface area contributed by atoms with Crippen LogP contribution < -0.4 is 10.6 Å². The molecule has 0 saturated heterocycles. The summed E-state index contributed by atoms with van der Waals surface area (Å²) >= 11 is 1.72. The number of rotatable bonds is 3. The molecule has 0 saturated carbocycles. The van der Waals surface area contributed by atoms with Gasteiger partial charge in [-0.05, 0) is 29.6 Å². The van der Waals surface area contributed by atoms with Gasteiger partial charge in [0, 0.05) is 17.6 Å². The molecule has 0 aliphatic carbocycles. The van der Waals surface area contributed by atoms with E-state index in [0.717, 1.165) is 17.6 Å². The Morgan fingerprint density at radius 2 is 2.28 bits per heavy atom. The molecule has 0 amide bonds. The van der Waals surface area contributed by atoms with Crippen LogP contribution in [0.15, 0.2) is 40.1 Å². The van der Waals surface area contributed by atoms with Crippen molar-refractivity contribution in [1.29, 1.82) is 0 Å². The van der Waals surface area contributed by atoms with Crippen LogP contribution in [0, 0.1) is 0 Å². The fourth-order valence-corrected chi connectivity index (χ4v) is 2.56. The Balaban J connectivity index is 1.89. The van der Waals surface area contributed by atoms with Crippen LogP contribution in [0.3, 0.4) is 0 Å². The first-order valence-electron chi connectivity index (χ1n) is 5.62. The number of hydrogen-bond donors (Lipinski definition) is 1. The Morgan fingerprint density at radius 1 is 1.39 bits per heavy atom. The number of oxazole rings is 1. The minimum Gasteiger partial charge on any atom is -0.423 e. The quantitative estimate of drug-likeness (QED) is 0.734. The summed E-state index contributed by atoms with van der Waals surface area (Å²) in [6.07, 6.45) is 0. The van der Waals surface area contributed by atoms with Gasteiger partial charge in [0.25, 0.3) is 6.01 Å². The van der Waals surface area contributed by atoms with Crippen LogP contribution in [0.4, 0.5) is 11.7 Å². The number of nitrogens with two attached hydrogens (primary N) is 1. The molecular weight excluding hydrogens is 246 g/mol. The van der Waals surface area contributed by atoms with Gasteiger partial charge in [0.1, 0.15) is 5.52 Å². The van der Waals surface area contributed by atoms with E-state index in [0.29, 0.717) is 11.7 Å². The molecule has 3 rings (SSSR count). The molecule has 0 atom stereocenters. The van der Waals surface area contributed by atoms with Gasteiger partial charge in [-0.15, -0.1) is 11.3 Å². The molecule has 0 spiro atoms. The highest BCUT2D eigenvalue weighted by Gasteiger charge is 2.11. The van der Waals surface area contributed by atoms with Crippen LogP contribution in [0.5, 0.6) is 0 Å². The van der Waals surface area contributed by atoms with Gasteiger partial charge in [-0.3, -0.25) is 0 Å². The Kier molecular flexibility index (Phi) is 2.68. The van der Waals surface area contributed by atoms with Crippen molar-refractivity contribution in [2.45, 2.75) is 6.54 Å². The van der Waals surface area contributed by atoms with Crippen molar-refractivity contribution in [3.8, 4) is 0 Å². The summed E-state index contributed by atoms with van der Waals surface area (Å²) in [7, 11) is 1.97. The van der Waals surface area contributed by atoms with E-state index in [1.165, 1.54) is 4.88 Å². The zero-order valence-corrected chi connectivity index (χ0v) is 10.8. The van der Waals surface area contributed by atoms with Gasteiger partial charge in [0.2, 0.25) is 0 Å². The van der Waals surface area contributed by atoms with Crippen molar-refractivity contribution < 1.29 is 4.42 Å². The number of fused-ring (bicyclic) bond motifs is 1. The van der Waals surface area contributed by atoms with E-state index in [1.807, 2.05) is 36.2 Å². The molecule has 2 N–H and O–H groups in total. The summed E-state index contributed by atoms with van der Waals surface area (Å²) in [5.41, 5.74) is 7.98. The molecule has 0 radical (unpaired) electrons. The topological polar surface area (TPSA) is 55.3 Å². The molecule has 0 unspecified atom stereocenters. The van der Waals surface area contributed by atoms with Crippen LogP contribution in [0.1, 0.15) is 4.88 Å². The molecule has 0 fully saturated rings. The van der Waals surface area contributed by atoms with Gasteiger partial charge in [-0.1, -0.05) is 6.07 Å². The number of anilines is 2. The first-order chi connectivity index (χ1) is 8.72. The molecule has 3 aromatic rings. The number of nitrogen functional groups attached to an aromatic ring is 1. The van der Waals surface area contributed by atoms with E-state index >= 15 is 0 Å². The summed E-state index contributed by atoms with van der Waals surface area (Å²) in [4.78, 5) is 7.70. The van der Waals surface area contributed by atoms with Crippen molar-refractivity contribution in [3.05, 3.63) is 40.6 Å². The lowest BCUT2D eigenvalue weighted by atomic mass is 10.3. The number of benzene rings is 1. The number of nitrogens with zero attached hydrogens (tertiary/aromatic N) is 2. The summed E-state index contributed by atoms with van der Waals surface area (Å²) in [5, 5.41) is 2.07. The van der Waals surface area contributed by atoms with Gasteiger partial charge in [-0.2, -0.15) is 4.98 Å². The van der Waals surface area contributed by atoms with Crippen molar-refractivity contribution in [3.63, 3.8) is 0 Å². The molecule has 5 heteroatoms. The average molecular weight is 259 g/mol. The predicted molar refractivity (Wildman–Crippen MR) is 74.8 cm³/mol. The second-order valence-electron chi connectivity index (χ2n) is 4.16. The van der Waals surface area contributed by atoms with E-state index in [1.54, 1.807) is 11.3 Å². The fraction of sp³-hybridized carbons (Fsp3) is 0.154. The predicted octanol–water partition coefficient (Wildman–Crippen LogP) is 3.11. The standard InChI is InChI=1S/C13H13N3OS/c1-16(8-10-3-2-6-18-10)13-15-11-7-9(14)4-5-12(11)17-13/h2-7H,8,14H2,1H3. The van der Waals surface area contributed by atoms with Gasteiger partial charge in [0.15, 0.2) is 5.58 Å². The lowest BCUT2D eigenvalue weighted by Crippen LogP contribution is -2.15. The molecule has 2 aromatic heterocycles. The lowest BCUT2D eigenvalue weighted by Gasteiger charge is -2.12. The highest BCUT2D eigenvalue weighted by atomic mass is 32.1. The Bertz CT molecular complexity index is 660. The maximum Gasteiger partial charge on any atom is 0.298 e. The van der Waals surface area contributed by atoms with Crippen LogP contribution in [0.2, 0.25) is 0 Å². The third-order valence-electron chi connectivity index (χ3n) is 2.70. The third kappa shape index (κ3) is 2.04. The maximum absolute atomic E-state index is 5.73. The van der Waals surface area contributed by atoms with Gasteiger partial charge >= 0.3 is 0 Å². The smallest absolute Gasteiger partial charge is 0.298 e. The fourth-order valence-electron chi connectivity index (χ4n) is 1.80. The molecule has 1 aromatic carbocycles. The largest absolute Gasteiger partial charge is 0.423 e. The average Bonchev–Trinajstić information content (AvgIpc) is 2.96. The van der Waals surface area contributed by atoms with E-state index in [2.05, 4.69) is 16.4 Å². The molecule has 18 heavy (non-hydrogen) atoms. The van der Waals surface area contributed by atoms with Crippen LogP contribution in [-0.2, 0) is 6.54 Å². The van der Waals surface area contributed by atoms with Crippen molar-refractivity contribution in [2.75, 3.05) is 17.7 Å². The van der Waals surface area contributed by atoms with E-state index in [-0.39, 0.29) is 0 Å². The van der Waals surface area contributed by atoms with Crippen LogP contribution in [0.25, 0.3) is 11.1 Å². The number of hydrogen-bond acceptors (Lipinski definition) is 5. The molecule has 2 heterocycles. The highest BCUT2D eigenvalue weighted by molar-refractivity contribution is 7.09. The normalized spacial score (nSPS) is 10.9. The third-order valence-corrected chi connectivity index (χ3v) is 3.56. The Labute approximate surface area is 109 Å². The molecule has 92 valence electrons. The zero-order valence-electron chi connectivity index (χ0n) is 9.96. The monoisotopic (exact) mass is 259 g/mol. The molecule has 0 aliphatic rings. The number of aromatic nitrogens is 1. The maximum atomic E-state index is 5.73. The summed E-state index contributed by atoms with van der Waals surface area (Å²) in [6.45, 7) is 0.792. The molecule has 0 aliphatic heterocycles. The minimum atomic E-state index is 0.615. The molecular formula is C13H13N3OS. The van der Waals surface area contributed by atoms with Gasteiger partial charge < -0.3 is 15.1 Å². The number of thiophene rings is 1. The Hall–Kier alpha value is -2.01. The first-order valence-corrected chi connectivity index (χ1v) is 6.50. The second kappa shape index (κ2) is 4.34. The van der Waals surface area contributed by atoms with Crippen molar-refractivity contribution >= 4 is 34.1 Å². The molecule has 0 bridgehead atoms. The van der Waals surface area contributed by atoms with E-state index in [9.17, 15) is 0 Å². The lowest BCUT2D eigenvalue weighted by molar-refractivity contribution is 0.583. The SMILES string of the molecule is CN(Cc1cccs1)c1nc2cc(N)ccc2o1. The van der Waals surface area contributed by atoms with E-state index in [4.69, 9.17) is 10.2 Å². The highest BCUT2D eigenvalue weighted by Crippen LogP contribution is 2.24. The van der Waals surface area contributed by atoms with E-state index < -0.39 is 0 Å². The van der Waals surface area contributed by atoms with Crippen molar-refractivity contribution in [2.24, 2.45) is 0 Å². The molecule has 4 nitrogen and oxygen atoms in total. The van der Waals surface area contributed by atoms with Gasteiger partial charge in [0.05, 0.1) is 6.54 Å². The van der Waals surface area contributed by atoms with Crippen molar-refractivity contribution in [1.82, 2.24) is 4.98 Å². The van der Waals surface area contributed by atoms with Crippen LogP contribution in [-0.4, -0.2) is 12.0 Å². The van der Waals surface area contributed by atoms with Crippen LogP contribution >= 0.6 is 11.3 Å². The zero-order chi connectivity index (χ0) is 12.5. The second-order valence-corrected chi connectivity index (χ2v) is 5.19. The first kappa shape index (κ1) is 11.1. The summed E-state index contributed by atoms with van der Waals surface area (Å²) in [6, 6.07) is 10.2. The minimum absolute atomic E-state index is 0.615. The summed E-state index contributed by atoms with van der Waals surface area (Å²) < 4.78 is 5.70.